The molecule has 0 aliphatic heterocycles. The Balaban J connectivity index is 1.92. The summed E-state index contributed by atoms with van der Waals surface area (Å²) in [5, 5.41) is 2.77. The second-order valence-electron chi connectivity index (χ2n) is 6.90. The number of rotatable bonds is 11. The van der Waals surface area contributed by atoms with Gasteiger partial charge < -0.3 is 5.32 Å². The maximum atomic E-state index is 12.3. The molecule has 1 amide bonds. The first-order chi connectivity index (χ1) is 14.5. The summed E-state index contributed by atoms with van der Waals surface area (Å²) in [5.74, 6) is -0.865. The van der Waals surface area contributed by atoms with Crippen LogP contribution in [0, 0.1) is 13.8 Å². The molecule has 170 valence electrons. The summed E-state index contributed by atoms with van der Waals surface area (Å²) in [4.78, 5) is 14.2. The van der Waals surface area contributed by atoms with Crippen molar-refractivity contribution in [2.24, 2.45) is 0 Å². The number of nitrogens with one attached hydrogen (secondary N) is 2. The van der Waals surface area contributed by atoms with Gasteiger partial charge in [-0.05, 0) is 37.6 Å². The average Bonchev–Trinajstić information content (AvgIpc) is 2.67. The quantitative estimate of drug-likeness (QED) is 0.370. The maximum Gasteiger partial charge on any atom is 0.264 e. The molecule has 0 aliphatic rings. The third-order valence-corrected chi connectivity index (χ3v) is 7.27. The summed E-state index contributed by atoms with van der Waals surface area (Å²) in [7, 11) is -7.38. The normalized spacial score (nSPS) is 12.0. The van der Waals surface area contributed by atoms with Crippen molar-refractivity contribution >= 4 is 43.5 Å². The molecule has 0 saturated heterocycles. The molecular formula is C20H26N2O6S3. The molecule has 0 atom stereocenters. The zero-order chi connectivity index (χ0) is 23.1. The van der Waals surface area contributed by atoms with Gasteiger partial charge in [-0.15, -0.1) is 0 Å². The third kappa shape index (κ3) is 9.40. The number of hydrogen-bond donors (Lipinski definition) is 2. The van der Waals surface area contributed by atoms with Gasteiger partial charge in [0.05, 0.1) is 24.3 Å². The van der Waals surface area contributed by atoms with E-state index in [4.69, 9.17) is 0 Å². The van der Waals surface area contributed by atoms with Crippen molar-refractivity contribution in [1.29, 1.82) is 0 Å². The number of hydrogen-bond acceptors (Lipinski definition) is 7. The molecule has 0 spiro atoms. The van der Waals surface area contributed by atoms with E-state index in [1.807, 2.05) is 38.1 Å². The van der Waals surface area contributed by atoms with E-state index < -0.39 is 31.8 Å². The van der Waals surface area contributed by atoms with Crippen LogP contribution in [0.15, 0.2) is 52.3 Å². The van der Waals surface area contributed by atoms with Crippen molar-refractivity contribution in [2.75, 3.05) is 30.5 Å². The van der Waals surface area contributed by atoms with Crippen LogP contribution in [0.4, 0.5) is 5.69 Å². The lowest BCUT2D eigenvalue weighted by atomic mass is 10.2. The Labute approximate surface area is 188 Å². The van der Waals surface area contributed by atoms with Gasteiger partial charge in [-0.1, -0.05) is 41.6 Å². The fourth-order valence-corrected chi connectivity index (χ4v) is 4.94. The van der Waals surface area contributed by atoms with Crippen molar-refractivity contribution in [2.45, 2.75) is 30.1 Å². The second-order valence-corrected chi connectivity index (χ2v) is 11.6. The van der Waals surface area contributed by atoms with Crippen molar-refractivity contribution in [3.05, 3.63) is 53.6 Å². The SMILES string of the molecule is Cc1ccc(Sc2ccccc2NC(=O)CCS(=O)(=O)NCCOS(C)(=O)=O)c(C)c1. The Kier molecular flexibility index (Phi) is 9.07. The Morgan fingerprint density at radius 3 is 2.42 bits per heavy atom. The smallest absolute Gasteiger partial charge is 0.264 e. The lowest BCUT2D eigenvalue weighted by molar-refractivity contribution is -0.115. The van der Waals surface area contributed by atoms with E-state index >= 15 is 0 Å². The van der Waals surface area contributed by atoms with E-state index in [2.05, 4.69) is 20.3 Å². The number of para-hydroxylation sites is 1. The number of benzene rings is 2. The van der Waals surface area contributed by atoms with E-state index in [1.54, 1.807) is 12.1 Å². The summed E-state index contributed by atoms with van der Waals surface area (Å²) in [6.45, 7) is 3.53. The summed E-state index contributed by atoms with van der Waals surface area (Å²) >= 11 is 1.52. The number of sulfonamides is 1. The monoisotopic (exact) mass is 486 g/mol. The number of amides is 1. The van der Waals surface area contributed by atoms with Crippen LogP contribution in [0.25, 0.3) is 0 Å². The van der Waals surface area contributed by atoms with Gasteiger partial charge in [0, 0.05) is 22.8 Å². The fraction of sp³-hybridized carbons (Fsp3) is 0.350. The highest BCUT2D eigenvalue weighted by Crippen LogP contribution is 2.35. The molecule has 2 rings (SSSR count). The van der Waals surface area contributed by atoms with E-state index in [-0.39, 0.29) is 19.6 Å². The van der Waals surface area contributed by atoms with Crippen molar-refractivity contribution in [3.63, 3.8) is 0 Å². The molecule has 2 aromatic rings. The molecule has 0 radical (unpaired) electrons. The molecule has 0 aliphatic carbocycles. The van der Waals surface area contributed by atoms with E-state index in [9.17, 15) is 21.6 Å². The average molecular weight is 487 g/mol. The predicted molar refractivity (Wildman–Crippen MR) is 122 cm³/mol. The van der Waals surface area contributed by atoms with Crippen LogP contribution in [0.1, 0.15) is 17.5 Å². The molecule has 2 N–H and O–H groups in total. The van der Waals surface area contributed by atoms with E-state index in [1.165, 1.54) is 17.3 Å². The number of anilines is 1. The highest BCUT2D eigenvalue weighted by atomic mass is 32.2. The van der Waals surface area contributed by atoms with Crippen LogP contribution in [0.2, 0.25) is 0 Å². The second kappa shape index (κ2) is 11.1. The Bertz CT molecular complexity index is 1130. The zero-order valence-corrected chi connectivity index (χ0v) is 20.0. The molecule has 0 saturated carbocycles. The molecule has 0 heterocycles. The first-order valence-electron chi connectivity index (χ1n) is 9.41. The van der Waals surface area contributed by atoms with Crippen LogP contribution >= 0.6 is 11.8 Å². The van der Waals surface area contributed by atoms with Crippen molar-refractivity contribution in [3.8, 4) is 0 Å². The van der Waals surface area contributed by atoms with E-state index in [0.717, 1.165) is 21.6 Å². The lowest BCUT2D eigenvalue weighted by Crippen LogP contribution is -2.31. The van der Waals surface area contributed by atoms with Crippen LogP contribution in [0.3, 0.4) is 0 Å². The van der Waals surface area contributed by atoms with Crippen molar-refractivity contribution < 1.29 is 25.8 Å². The molecule has 31 heavy (non-hydrogen) atoms. The topological polar surface area (TPSA) is 119 Å². The molecule has 0 bridgehead atoms. The van der Waals surface area contributed by atoms with Gasteiger partial charge in [0.1, 0.15) is 0 Å². The number of aryl methyl sites for hydroxylation is 2. The fourth-order valence-electron chi connectivity index (χ4n) is 2.59. The summed E-state index contributed by atoms with van der Waals surface area (Å²) in [5.41, 5.74) is 2.90. The Morgan fingerprint density at radius 1 is 1.03 bits per heavy atom. The Morgan fingerprint density at radius 2 is 1.74 bits per heavy atom. The van der Waals surface area contributed by atoms with Crippen molar-refractivity contribution in [1.82, 2.24) is 4.72 Å². The molecule has 8 nitrogen and oxygen atoms in total. The predicted octanol–water partition coefficient (Wildman–Crippen LogP) is 2.68. The van der Waals surface area contributed by atoms with Gasteiger partial charge in [0.25, 0.3) is 10.1 Å². The van der Waals surface area contributed by atoms with Crippen LogP contribution in [-0.2, 0) is 29.1 Å². The minimum atomic E-state index is -3.75. The van der Waals surface area contributed by atoms with Crippen LogP contribution in [0.5, 0.6) is 0 Å². The van der Waals surface area contributed by atoms with E-state index in [0.29, 0.717) is 5.69 Å². The molecular weight excluding hydrogens is 460 g/mol. The van der Waals surface area contributed by atoms with Gasteiger partial charge in [-0.25, -0.2) is 13.1 Å². The van der Waals surface area contributed by atoms with Gasteiger partial charge in [0.2, 0.25) is 15.9 Å². The highest BCUT2D eigenvalue weighted by Gasteiger charge is 2.15. The standard InChI is InChI=1S/C20H26N2O6S3/c1-15-8-9-18(16(2)14-15)29-19-7-5-4-6-17(19)22-20(23)10-13-31(26,27)21-11-12-28-30(3,24)25/h4-9,14,21H,10-13H2,1-3H3,(H,22,23). The molecule has 2 aromatic carbocycles. The molecule has 11 heteroatoms. The highest BCUT2D eigenvalue weighted by molar-refractivity contribution is 7.99. The van der Waals surface area contributed by atoms with Gasteiger partial charge in [-0.3, -0.25) is 8.98 Å². The lowest BCUT2D eigenvalue weighted by Gasteiger charge is -2.12. The first-order valence-corrected chi connectivity index (χ1v) is 13.7. The molecule has 0 unspecified atom stereocenters. The van der Waals surface area contributed by atoms with Crippen LogP contribution < -0.4 is 10.0 Å². The Hall–Kier alpha value is -1.92. The van der Waals surface area contributed by atoms with Gasteiger partial charge >= 0.3 is 0 Å². The van der Waals surface area contributed by atoms with Gasteiger partial charge in [-0.2, -0.15) is 8.42 Å². The summed E-state index contributed by atoms with van der Waals surface area (Å²) in [6.07, 6.45) is 0.632. The minimum absolute atomic E-state index is 0.202. The summed E-state index contributed by atoms with van der Waals surface area (Å²) in [6, 6.07) is 13.5. The first kappa shape index (κ1) is 25.3. The third-order valence-electron chi connectivity index (χ3n) is 4.03. The zero-order valence-electron chi connectivity index (χ0n) is 17.5. The molecule has 0 aromatic heterocycles. The van der Waals surface area contributed by atoms with Crippen LogP contribution in [-0.4, -0.2) is 47.9 Å². The number of carbonyl (C=O) groups is 1. The molecule has 0 fully saturated rings. The maximum absolute atomic E-state index is 12.3. The summed E-state index contributed by atoms with van der Waals surface area (Å²) < 4.78 is 52.4. The minimum Gasteiger partial charge on any atom is -0.325 e. The number of carbonyl (C=O) groups excluding carboxylic acids is 1. The largest absolute Gasteiger partial charge is 0.325 e. The van der Waals surface area contributed by atoms with Gasteiger partial charge in [0.15, 0.2) is 0 Å².